The first kappa shape index (κ1) is 16.9. The number of carboxylic acids is 1. The summed E-state index contributed by atoms with van der Waals surface area (Å²) in [7, 11) is 0. The van der Waals surface area contributed by atoms with Gasteiger partial charge in [0, 0.05) is 18.5 Å². The van der Waals surface area contributed by atoms with Gasteiger partial charge in [0.15, 0.2) is 0 Å². The van der Waals surface area contributed by atoms with E-state index in [0.29, 0.717) is 6.42 Å². The minimum atomic E-state index is -0.897. The summed E-state index contributed by atoms with van der Waals surface area (Å²) >= 11 is 0. The summed E-state index contributed by atoms with van der Waals surface area (Å²) in [6.07, 6.45) is 1.87. The molecule has 0 radical (unpaired) electrons. The number of aliphatic carboxylic acids is 1. The highest BCUT2D eigenvalue weighted by Gasteiger charge is 2.28. The van der Waals surface area contributed by atoms with E-state index >= 15 is 0 Å². The Morgan fingerprint density at radius 3 is 2.28 bits per heavy atom. The Labute approximate surface area is 109 Å². The molecule has 0 saturated heterocycles. The van der Waals surface area contributed by atoms with Crippen molar-refractivity contribution in [2.75, 3.05) is 0 Å². The van der Waals surface area contributed by atoms with Crippen molar-refractivity contribution in [1.82, 2.24) is 5.32 Å². The van der Waals surface area contributed by atoms with Crippen LogP contribution in [0.3, 0.4) is 0 Å². The van der Waals surface area contributed by atoms with Gasteiger partial charge in [0.1, 0.15) is 0 Å². The van der Waals surface area contributed by atoms with Crippen LogP contribution in [-0.4, -0.2) is 29.1 Å². The molecule has 0 aliphatic carbocycles. The zero-order valence-electron chi connectivity index (χ0n) is 11.8. The van der Waals surface area contributed by atoms with E-state index < -0.39 is 5.97 Å². The highest BCUT2D eigenvalue weighted by Crippen LogP contribution is 2.22. The average molecular weight is 258 g/mol. The van der Waals surface area contributed by atoms with Crippen molar-refractivity contribution in [1.29, 1.82) is 0 Å². The summed E-state index contributed by atoms with van der Waals surface area (Å²) in [5.74, 6) is -0.998. The van der Waals surface area contributed by atoms with Crippen LogP contribution in [0.5, 0.6) is 0 Å². The molecule has 0 bridgehead atoms. The molecular weight excluding hydrogens is 232 g/mol. The third-order valence-corrected chi connectivity index (χ3v) is 2.82. The number of hydrogen-bond acceptors (Lipinski definition) is 3. The lowest BCUT2D eigenvalue weighted by atomic mass is 9.84. The third kappa shape index (κ3) is 8.06. The molecule has 5 nitrogen and oxygen atoms in total. The van der Waals surface area contributed by atoms with E-state index in [2.05, 4.69) is 5.32 Å². The molecule has 0 spiro atoms. The molecule has 0 aliphatic rings. The number of nitrogens with one attached hydrogen (secondary N) is 1. The Kier molecular flexibility index (Phi) is 6.91. The minimum absolute atomic E-state index is 0.0530. The maximum absolute atomic E-state index is 11.7. The van der Waals surface area contributed by atoms with Crippen molar-refractivity contribution in [3.8, 4) is 0 Å². The van der Waals surface area contributed by atoms with Crippen molar-refractivity contribution in [2.45, 2.75) is 65.5 Å². The van der Waals surface area contributed by atoms with Gasteiger partial charge in [0.2, 0.25) is 5.91 Å². The fourth-order valence-electron chi connectivity index (χ4n) is 1.60. The van der Waals surface area contributed by atoms with Gasteiger partial charge in [-0.3, -0.25) is 9.59 Å². The van der Waals surface area contributed by atoms with Crippen LogP contribution >= 0.6 is 0 Å². The van der Waals surface area contributed by atoms with Crippen molar-refractivity contribution in [3.63, 3.8) is 0 Å². The molecule has 2 unspecified atom stereocenters. The first-order chi connectivity index (χ1) is 8.12. The van der Waals surface area contributed by atoms with Crippen LogP contribution in [-0.2, 0) is 9.59 Å². The number of amides is 1. The molecule has 0 fully saturated rings. The summed E-state index contributed by atoms with van der Waals surface area (Å²) in [6, 6.07) is -0.256. The average Bonchev–Trinajstić information content (AvgIpc) is 2.13. The van der Waals surface area contributed by atoms with E-state index in [1.54, 1.807) is 0 Å². The molecule has 0 aromatic heterocycles. The van der Waals surface area contributed by atoms with Gasteiger partial charge in [0.25, 0.3) is 0 Å². The molecular formula is C13H26N2O3. The van der Waals surface area contributed by atoms with Crippen LogP contribution in [0, 0.1) is 5.41 Å². The normalized spacial score (nSPS) is 14.9. The lowest BCUT2D eigenvalue weighted by Gasteiger charge is -2.30. The second-order valence-corrected chi connectivity index (χ2v) is 5.95. The number of carbonyl (C=O) groups is 2. The quantitative estimate of drug-likeness (QED) is 0.645. The highest BCUT2D eigenvalue weighted by atomic mass is 16.4. The third-order valence-electron chi connectivity index (χ3n) is 2.82. The van der Waals surface area contributed by atoms with E-state index in [1.165, 1.54) is 0 Å². The number of rotatable bonds is 7. The summed E-state index contributed by atoms with van der Waals surface area (Å²) < 4.78 is 0. The van der Waals surface area contributed by atoms with Gasteiger partial charge < -0.3 is 16.2 Å². The molecule has 0 aromatic carbocycles. The molecule has 0 aromatic rings. The number of nitrogens with two attached hydrogens (primary N) is 1. The SMILES string of the molecule is CC(N)CCCC(=O)NC(CC(=O)O)C(C)(C)C. The molecule has 5 heteroatoms. The van der Waals surface area contributed by atoms with E-state index in [4.69, 9.17) is 10.8 Å². The molecule has 4 N–H and O–H groups in total. The largest absolute Gasteiger partial charge is 0.481 e. The van der Waals surface area contributed by atoms with E-state index in [1.807, 2.05) is 27.7 Å². The van der Waals surface area contributed by atoms with Gasteiger partial charge in [0.05, 0.1) is 6.42 Å². The molecule has 0 saturated carbocycles. The Balaban J connectivity index is 4.24. The van der Waals surface area contributed by atoms with Gasteiger partial charge in [-0.15, -0.1) is 0 Å². The maximum atomic E-state index is 11.7. The van der Waals surface area contributed by atoms with Crippen LogP contribution in [0.1, 0.15) is 53.4 Å². The van der Waals surface area contributed by atoms with Crippen LogP contribution in [0.4, 0.5) is 0 Å². The van der Waals surface area contributed by atoms with Gasteiger partial charge in [-0.2, -0.15) is 0 Å². The first-order valence-electron chi connectivity index (χ1n) is 6.39. The van der Waals surface area contributed by atoms with E-state index in [-0.39, 0.29) is 29.8 Å². The predicted octanol–water partition coefficient (Wildman–Crippen LogP) is 1.51. The Bertz CT molecular complexity index is 282. The van der Waals surface area contributed by atoms with Gasteiger partial charge in [-0.25, -0.2) is 0 Å². The second kappa shape index (κ2) is 7.36. The zero-order chi connectivity index (χ0) is 14.3. The van der Waals surface area contributed by atoms with Crippen LogP contribution in [0.15, 0.2) is 0 Å². The fraction of sp³-hybridized carbons (Fsp3) is 0.846. The number of hydrogen-bond donors (Lipinski definition) is 3. The van der Waals surface area contributed by atoms with Gasteiger partial charge in [-0.1, -0.05) is 20.8 Å². The van der Waals surface area contributed by atoms with Crippen molar-refractivity contribution >= 4 is 11.9 Å². The topological polar surface area (TPSA) is 92.4 Å². The van der Waals surface area contributed by atoms with Crippen molar-refractivity contribution in [3.05, 3.63) is 0 Å². The molecule has 0 rings (SSSR count). The molecule has 0 aliphatic heterocycles. The number of carboxylic acid groups (broad SMARTS) is 1. The van der Waals surface area contributed by atoms with Crippen molar-refractivity contribution in [2.24, 2.45) is 11.1 Å². The summed E-state index contributed by atoms with van der Waals surface area (Å²) in [5.41, 5.74) is 5.34. The lowest BCUT2D eigenvalue weighted by Crippen LogP contribution is -2.45. The van der Waals surface area contributed by atoms with E-state index in [0.717, 1.165) is 12.8 Å². The Hall–Kier alpha value is -1.10. The summed E-state index contributed by atoms with van der Waals surface area (Å²) in [4.78, 5) is 22.5. The standard InChI is InChI=1S/C13H26N2O3/c1-9(14)6-5-7-11(16)15-10(8-12(17)18)13(2,3)4/h9-10H,5-8,14H2,1-4H3,(H,15,16)(H,17,18). The highest BCUT2D eigenvalue weighted by molar-refractivity contribution is 5.77. The monoisotopic (exact) mass is 258 g/mol. The summed E-state index contributed by atoms with van der Waals surface area (Å²) in [5, 5.41) is 11.6. The van der Waals surface area contributed by atoms with Crippen LogP contribution < -0.4 is 11.1 Å². The maximum Gasteiger partial charge on any atom is 0.305 e. The second-order valence-electron chi connectivity index (χ2n) is 5.95. The first-order valence-corrected chi connectivity index (χ1v) is 6.39. The molecule has 2 atom stereocenters. The lowest BCUT2D eigenvalue weighted by molar-refractivity contribution is -0.138. The van der Waals surface area contributed by atoms with Crippen LogP contribution in [0.25, 0.3) is 0 Å². The Morgan fingerprint density at radius 1 is 1.33 bits per heavy atom. The van der Waals surface area contributed by atoms with Crippen LogP contribution in [0.2, 0.25) is 0 Å². The minimum Gasteiger partial charge on any atom is -0.481 e. The zero-order valence-corrected chi connectivity index (χ0v) is 11.8. The molecule has 0 heterocycles. The Morgan fingerprint density at radius 2 is 1.89 bits per heavy atom. The molecule has 1 amide bonds. The van der Waals surface area contributed by atoms with E-state index in [9.17, 15) is 9.59 Å². The number of carbonyl (C=O) groups excluding carboxylic acids is 1. The molecule has 18 heavy (non-hydrogen) atoms. The smallest absolute Gasteiger partial charge is 0.305 e. The van der Waals surface area contributed by atoms with Gasteiger partial charge >= 0.3 is 5.97 Å². The summed E-state index contributed by atoms with van der Waals surface area (Å²) in [6.45, 7) is 7.66. The molecule has 106 valence electrons. The predicted molar refractivity (Wildman–Crippen MR) is 71.1 cm³/mol. The van der Waals surface area contributed by atoms with Crippen molar-refractivity contribution < 1.29 is 14.7 Å². The fourth-order valence-corrected chi connectivity index (χ4v) is 1.60. The van der Waals surface area contributed by atoms with Gasteiger partial charge in [-0.05, 0) is 25.2 Å².